The molecule has 0 spiro atoms. The lowest BCUT2D eigenvalue weighted by Crippen LogP contribution is -2.09. The van der Waals surface area contributed by atoms with Gasteiger partial charge in [0.2, 0.25) is 0 Å². The molecule has 1 atom stereocenters. The van der Waals surface area contributed by atoms with Crippen molar-refractivity contribution < 1.29 is 4.79 Å². The van der Waals surface area contributed by atoms with E-state index >= 15 is 0 Å². The van der Waals surface area contributed by atoms with Gasteiger partial charge in [-0.2, -0.15) is 0 Å². The van der Waals surface area contributed by atoms with Gasteiger partial charge in [-0.15, -0.1) is 6.58 Å². The van der Waals surface area contributed by atoms with E-state index in [1.807, 2.05) is 13.0 Å². The Hall–Kier alpha value is -0.590. The highest BCUT2D eigenvalue weighted by molar-refractivity contribution is 5.80. The average molecular weight is 168 g/mol. The number of hydrogen-bond donors (Lipinski definition) is 0. The maximum atomic E-state index is 11.4. The monoisotopic (exact) mass is 168 g/mol. The van der Waals surface area contributed by atoms with Gasteiger partial charge in [0.25, 0.3) is 0 Å². The highest BCUT2D eigenvalue weighted by atomic mass is 16.1. The summed E-state index contributed by atoms with van der Waals surface area (Å²) in [7, 11) is 0. The predicted octanol–water partition coefficient (Wildman–Crippen LogP) is 3.35. The molecule has 1 heteroatoms. The molecule has 0 bridgehead atoms. The van der Waals surface area contributed by atoms with E-state index in [1.54, 1.807) is 0 Å². The van der Waals surface area contributed by atoms with Crippen LogP contribution in [0.25, 0.3) is 0 Å². The van der Waals surface area contributed by atoms with Gasteiger partial charge in [0.15, 0.2) is 0 Å². The molecule has 0 N–H and O–H groups in total. The van der Waals surface area contributed by atoms with Crippen molar-refractivity contribution in [2.75, 3.05) is 0 Å². The summed E-state index contributed by atoms with van der Waals surface area (Å²) in [6, 6.07) is 0. The van der Waals surface area contributed by atoms with Gasteiger partial charge >= 0.3 is 0 Å². The van der Waals surface area contributed by atoms with E-state index in [0.717, 1.165) is 12.8 Å². The Morgan fingerprint density at radius 3 is 2.75 bits per heavy atom. The number of allylic oxidation sites excluding steroid dienone is 1. The van der Waals surface area contributed by atoms with Crippen molar-refractivity contribution in [1.82, 2.24) is 0 Å². The maximum absolute atomic E-state index is 11.4. The number of rotatable bonds is 7. The summed E-state index contributed by atoms with van der Waals surface area (Å²) >= 11 is 0. The molecule has 0 aromatic heterocycles. The molecular formula is C11H20O. The van der Waals surface area contributed by atoms with Gasteiger partial charge in [-0.3, -0.25) is 4.79 Å². The maximum Gasteiger partial charge on any atom is 0.136 e. The second kappa shape index (κ2) is 7.08. The summed E-state index contributed by atoms with van der Waals surface area (Å²) in [5.74, 6) is 0.647. The molecule has 0 aliphatic carbocycles. The minimum Gasteiger partial charge on any atom is -0.299 e. The molecule has 0 aliphatic heterocycles. The van der Waals surface area contributed by atoms with Gasteiger partial charge < -0.3 is 0 Å². The Morgan fingerprint density at radius 2 is 2.25 bits per heavy atom. The Morgan fingerprint density at radius 1 is 1.58 bits per heavy atom. The van der Waals surface area contributed by atoms with Gasteiger partial charge in [0.05, 0.1) is 0 Å². The molecule has 0 rings (SSSR count). The van der Waals surface area contributed by atoms with Gasteiger partial charge in [0.1, 0.15) is 5.78 Å². The SMILES string of the molecule is C=CCCC(=O)C(C)CCCC. The van der Waals surface area contributed by atoms with E-state index in [2.05, 4.69) is 13.5 Å². The van der Waals surface area contributed by atoms with Crippen molar-refractivity contribution in [3.05, 3.63) is 12.7 Å². The predicted molar refractivity (Wildman–Crippen MR) is 53.1 cm³/mol. The lowest BCUT2D eigenvalue weighted by atomic mass is 9.97. The van der Waals surface area contributed by atoms with Gasteiger partial charge in [-0.1, -0.05) is 32.8 Å². The lowest BCUT2D eigenvalue weighted by Gasteiger charge is -2.07. The van der Waals surface area contributed by atoms with Crippen molar-refractivity contribution in [3.8, 4) is 0 Å². The van der Waals surface area contributed by atoms with Crippen molar-refractivity contribution in [1.29, 1.82) is 0 Å². The topological polar surface area (TPSA) is 17.1 Å². The first-order valence-electron chi connectivity index (χ1n) is 4.86. The summed E-state index contributed by atoms with van der Waals surface area (Å²) < 4.78 is 0. The number of hydrogen-bond acceptors (Lipinski definition) is 1. The van der Waals surface area contributed by atoms with Crippen molar-refractivity contribution in [2.24, 2.45) is 5.92 Å². The van der Waals surface area contributed by atoms with E-state index in [0.29, 0.717) is 12.2 Å². The van der Waals surface area contributed by atoms with Crippen LogP contribution in [0.5, 0.6) is 0 Å². The Bertz CT molecular complexity index is 138. The molecule has 12 heavy (non-hydrogen) atoms. The third-order valence-corrected chi connectivity index (χ3v) is 2.14. The van der Waals surface area contributed by atoms with Crippen LogP contribution in [0.1, 0.15) is 46.0 Å². The highest BCUT2D eigenvalue weighted by Gasteiger charge is 2.10. The van der Waals surface area contributed by atoms with Gasteiger partial charge in [0, 0.05) is 12.3 Å². The van der Waals surface area contributed by atoms with Crippen molar-refractivity contribution in [3.63, 3.8) is 0 Å². The Kier molecular flexibility index (Phi) is 6.73. The molecule has 1 nitrogen and oxygen atoms in total. The standard InChI is InChI=1S/C11H20O/c1-4-6-8-10(3)11(12)9-7-5-2/h5,10H,2,4,6-9H2,1,3H3. The molecule has 0 heterocycles. The highest BCUT2D eigenvalue weighted by Crippen LogP contribution is 2.11. The van der Waals surface area contributed by atoms with Crippen LogP contribution in [0.4, 0.5) is 0 Å². The first-order valence-corrected chi connectivity index (χ1v) is 4.86. The Labute approximate surface area is 75.9 Å². The van der Waals surface area contributed by atoms with Gasteiger partial charge in [-0.25, -0.2) is 0 Å². The fourth-order valence-electron chi connectivity index (χ4n) is 1.16. The van der Waals surface area contributed by atoms with E-state index in [4.69, 9.17) is 0 Å². The quantitative estimate of drug-likeness (QED) is 0.533. The number of Topliss-reactive ketones (excluding diaryl/α,β-unsaturated/α-hetero) is 1. The number of unbranched alkanes of at least 4 members (excludes halogenated alkanes) is 1. The van der Waals surface area contributed by atoms with E-state index in [9.17, 15) is 4.79 Å². The molecule has 1 unspecified atom stereocenters. The summed E-state index contributed by atoms with van der Waals surface area (Å²) in [6.07, 6.45) is 6.71. The average Bonchev–Trinajstić information content (AvgIpc) is 2.10. The van der Waals surface area contributed by atoms with Crippen molar-refractivity contribution in [2.45, 2.75) is 46.0 Å². The van der Waals surface area contributed by atoms with Crippen LogP contribution in [-0.2, 0) is 4.79 Å². The molecule has 70 valence electrons. The van der Waals surface area contributed by atoms with Crippen LogP contribution in [0.2, 0.25) is 0 Å². The summed E-state index contributed by atoms with van der Waals surface area (Å²) in [5, 5.41) is 0. The molecule has 0 saturated carbocycles. The second-order valence-electron chi connectivity index (χ2n) is 3.34. The molecule has 0 fully saturated rings. The first kappa shape index (κ1) is 11.4. The fourth-order valence-corrected chi connectivity index (χ4v) is 1.16. The zero-order valence-electron chi connectivity index (χ0n) is 8.31. The third kappa shape index (κ3) is 5.11. The van der Waals surface area contributed by atoms with E-state index < -0.39 is 0 Å². The molecule has 0 radical (unpaired) electrons. The lowest BCUT2D eigenvalue weighted by molar-refractivity contribution is -0.122. The van der Waals surface area contributed by atoms with Crippen LogP contribution in [0.15, 0.2) is 12.7 Å². The minimum absolute atomic E-state index is 0.255. The fraction of sp³-hybridized carbons (Fsp3) is 0.727. The zero-order chi connectivity index (χ0) is 9.40. The number of ketones is 1. The third-order valence-electron chi connectivity index (χ3n) is 2.14. The molecular weight excluding hydrogens is 148 g/mol. The normalized spacial score (nSPS) is 12.5. The number of carbonyl (C=O) groups excluding carboxylic acids is 1. The smallest absolute Gasteiger partial charge is 0.136 e. The molecule has 0 aromatic carbocycles. The van der Waals surface area contributed by atoms with Crippen LogP contribution in [-0.4, -0.2) is 5.78 Å². The summed E-state index contributed by atoms with van der Waals surface area (Å²) in [5.41, 5.74) is 0. The second-order valence-corrected chi connectivity index (χ2v) is 3.34. The van der Waals surface area contributed by atoms with Crippen LogP contribution in [0, 0.1) is 5.92 Å². The molecule has 0 aliphatic rings. The molecule has 0 aromatic rings. The van der Waals surface area contributed by atoms with Gasteiger partial charge in [-0.05, 0) is 12.8 Å². The zero-order valence-corrected chi connectivity index (χ0v) is 8.31. The van der Waals surface area contributed by atoms with Crippen molar-refractivity contribution >= 4 is 5.78 Å². The largest absolute Gasteiger partial charge is 0.299 e. The minimum atomic E-state index is 0.255. The molecule has 0 amide bonds. The first-order chi connectivity index (χ1) is 5.72. The molecule has 0 saturated heterocycles. The summed E-state index contributed by atoms with van der Waals surface area (Å²) in [4.78, 5) is 11.4. The van der Waals surface area contributed by atoms with Crippen LogP contribution in [0.3, 0.4) is 0 Å². The van der Waals surface area contributed by atoms with Crippen LogP contribution < -0.4 is 0 Å². The van der Waals surface area contributed by atoms with E-state index in [1.165, 1.54) is 12.8 Å². The van der Waals surface area contributed by atoms with Crippen LogP contribution >= 0.6 is 0 Å². The number of carbonyl (C=O) groups is 1. The summed E-state index contributed by atoms with van der Waals surface area (Å²) in [6.45, 7) is 7.78. The van der Waals surface area contributed by atoms with E-state index in [-0.39, 0.29) is 5.92 Å². The Balaban J connectivity index is 3.53.